The lowest BCUT2D eigenvalue weighted by atomic mass is 10.1. The first-order chi connectivity index (χ1) is 16.6. The Hall–Kier alpha value is -3.20. The molecule has 0 unspecified atom stereocenters. The van der Waals surface area contributed by atoms with E-state index >= 15 is 0 Å². The van der Waals surface area contributed by atoms with E-state index in [0.717, 1.165) is 38.1 Å². The lowest BCUT2D eigenvalue weighted by Gasteiger charge is -2.19. The minimum absolute atomic E-state index is 0.299. The van der Waals surface area contributed by atoms with Gasteiger partial charge in [0.05, 0.1) is 5.56 Å². The van der Waals surface area contributed by atoms with Gasteiger partial charge in [0, 0.05) is 24.2 Å². The highest BCUT2D eigenvalue weighted by atomic mass is 32.2. The van der Waals surface area contributed by atoms with E-state index in [2.05, 4.69) is 20.8 Å². The predicted octanol–water partition coefficient (Wildman–Crippen LogP) is 4.30. The summed E-state index contributed by atoms with van der Waals surface area (Å²) in [6, 6.07) is 12.5. The number of carbonyl (C=O) groups excluding carboxylic acids is 2. The molecule has 34 heavy (non-hydrogen) atoms. The molecule has 0 aliphatic carbocycles. The minimum atomic E-state index is -0.724. The number of nitrogens with one attached hydrogen (secondary N) is 2. The van der Waals surface area contributed by atoms with Crippen molar-refractivity contribution in [2.45, 2.75) is 44.7 Å². The van der Waals surface area contributed by atoms with Crippen LogP contribution >= 0.6 is 11.8 Å². The van der Waals surface area contributed by atoms with Crippen molar-refractivity contribution >= 4 is 29.3 Å². The Morgan fingerprint density at radius 1 is 1.12 bits per heavy atom. The van der Waals surface area contributed by atoms with E-state index in [9.17, 15) is 14.0 Å². The average molecular weight is 482 g/mol. The summed E-state index contributed by atoms with van der Waals surface area (Å²) < 4.78 is 16.7. The maximum atomic E-state index is 14.8. The number of anilines is 1. The fraction of sp³-hybridized carbons (Fsp3) is 0.360. The van der Waals surface area contributed by atoms with Gasteiger partial charge in [0.2, 0.25) is 5.91 Å². The van der Waals surface area contributed by atoms with Crippen LogP contribution in [0.1, 0.15) is 41.9 Å². The fourth-order valence-corrected chi connectivity index (χ4v) is 4.50. The summed E-state index contributed by atoms with van der Waals surface area (Å²) in [5.41, 5.74) is 1.23. The topological polar surface area (TPSA) is 88.9 Å². The molecule has 9 heteroatoms. The molecular formula is C25H28FN5O2S. The molecule has 1 aromatic heterocycles. The molecule has 0 saturated carbocycles. The third kappa shape index (κ3) is 5.64. The predicted molar refractivity (Wildman–Crippen MR) is 132 cm³/mol. The Morgan fingerprint density at radius 3 is 2.74 bits per heavy atom. The van der Waals surface area contributed by atoms with Gasteiger partial charge in [0.25, 0.3) is 5.91 Å². The maximum Gasteiger partial charge on any atom is 0.251 e. The highest BCUT2D eigenvalue weighted by Crippen LogP contribution is 2.27. The van der Waals surface area contributed by atoms with Gasteiger partial charge in [-0.15, -0.1) is 10.2 Å². The Labute approximate surface area is 202 Å². The Kier molecular flexibility index (Phi) is 7.95. The molecule has 1 atom stereocenters. The zero-order valence-corrected chi connectivity index (χ0v) is 19.9. The molecule has 0 fully saturated rings. The van der Waals surface area contributed by atoms with Gasteiger partial charge in [0.15, 0.2) is 5.82 Å². The highest BCUT2D eigenvalue weighted by molar-refractivity contribution is 7.98. The van der Waals surface area contributed by atoms with Gasteiger partial charge in [-0.3, -0.25) is 9.59 Å². The Bertz CT molecular complexity index is 1150. The van der Waals surface area contributed by atoms with E-state index in [1.54, 1.807) is 42.1 Å². The van der Waals surface area contributed by atoms with E-state index in [1.807, 2.05) is 16.9 Å². The maximum absolute atomic E-state index is 14.8. The standard InChI is InChI=1S/C25H28FN5O2S/c1-34-15-13-21(28-24(32)17-8-4-2-5-9-17)25(33)27-18-11-12-20(26)19(16-18)23-30-29-22-10-6-3-7-14-31(22)23/h2,4-5,8-9,11-12,16,21H,3,6-7,10,13-15H2,1H3,(H,27,33)(H,28,32)/t21-/m0/s1. The minimum Gasteiger partial charge on any atom is -0.340 e. The molecule has 2 heterocycles. The lowest BCUT2D eigenvalue weighted by molar-refractivity contribution is -0.118. The van der Waals surface area contributed by atoms with Gasteiger partial charge in [-0.1, -0.05) is 24.6 Å². The van der Waals surface area contributed by atoms with Crippen LogP contribution in [0.25, 0.3) is 11.4 Å². The van der Waals surface area contributed by atoms with Crippen molar-refractivity contribution in [3.05, 3.63) is 65.7 Å². The number of benzene rings is 2. The van der Waals surface area contributed by atoms with Gasteiger partial charge in [0.1, 0.15) is 17.7 Å². The summed E-state index contributed by atoms with van der Waals surface area (Å²) in [6.07, 6.45) is 6.38. The molecule has 1 aliphatic rings. The first-order valence-corrected chi connectivity index (χ1v) is 12.8. The largest absolute Gasteiger partial charge is 0.340 e. The molecule has 7 nitrogen and oxygen atoms in total. The van der Waals surface area contributed by atoms with Crippen LogP contribution in [0.2, 0.25) is 0 Å². The zero-order valence-electron chi connectivity index (χ0n) is 19.1. The third-order valence-electron chi connectivity index (χ3n) is 5.85. The summed E-state index contributed by atoms with van der Waals surface area (Å²) in [5.74, 6) is 0.953. The van der Waals surface area contributed by atoms with Crippen LogP contribution in [-0.4, -0.2) is 44.6 Å². The number of amides is 2. The molecule has 0 radical (unpaired) electrons. The third-order valence-corrected chi connectivity index (χ3v) is 6.50. The van der Waals surface area contributed by atoms with Crippen molar-refractivity contribution in [1.82, 2.24) is 20.1 Å². The van der Waals surface area contributed by atoms with Crippen molar-refractivity contribution in [3.63, 3.8) is 0 Å². The number of rotatable bonds is 8. The second-order valence-electron chi connectivity index (χ2n) is 8.26. The molecule has 4 rings (SSSR count). The first-order valence-electron chi connectivity index (χ1n) is 11.4. The van der Waals surface area contributed by atoms with Crippen LogP contribution in [0, 0.1) is 5.82 Å². The van der Waals surface area contributed by atoms with Gasteiger partial charge in [-0.05, 0) is 61.6 Å². The van der Waals surface area contributed by atoms with E-state index < -0.39 is 11.9 Å². The van der Waals surface area contributed by atoms with Crippen molar-refractivity contribution in [2.24, 2.45) is 0 Å². The lowest BCUT2D eigenvalue weighted by Crippen LogP contribution is -2.44. The molecule has 0 bridgehead atoms. The molecule has 1 aliphatic heterocycles. The Morgan fingerprint density at radius 2 is 1.94 bits per heavy atom. The number of nitrogens with zero attached hydrogens (tertiary/aromatic N) is 3. The molecular weight excluding hydrogens is 453 g/mol. The summed E-state index contributed by atoms with van der Waals surface area (Å²) in [5, 5.41) is 14.2. The zero-order chi connectivity index (χ0) is 23.9. The van der Waals surface area contributed by atoms with Crippen molar-refractivity contribution < 1.29 is 14.0 Å². The molecule has 0 saturated heterocycles. The monoisotopic (exact) mass is 481 g/mol. The SMILES string of the molecule is CSCC[C@H](NC(=O)c1ccccc1)C(=O)Nc1ccc(F)c(-c2nnc3n2CCCCC3)c1. The van der Waals surface area contributed by atoms with Crippen molar-refractivity contribution in [2.75, 3.05) is 17.3 Å². The number of hydrogen-bond donors (Lipinski definition) is 2. The van der Waals surface area contributed by atoms with Crippen LogP contribution in [-0.2, 0) is 17.8 Å². The number of aryl methyl sites for hydroxylation is 1. The number of carbonyl (C=O) groups is 2. The second-order valence-corrected chi connectivity index (χ2v) is 9.25. The van der Waals surface area contributed by atoms with Gasteiger partial charge in [-0.2, -0.15) is 11.8 Å². The van der Waals surface area contributed by atoms with Crippen LogP contribution < -0.4 is 10.6 Å². The van der Waals surface area contributed by atoms with Gasteiger partial charge < -0.3 is 15.2 Å². The quantitative estimate of drug-likeness (QED) is 0.501. The van der Waals surface area contributed by atoms with Crippen molar-refractivity contribution in [1.29, 1.82) is 0 Å². The molecule has 2 amide bonds. The average Bonchev–Trinajstić information content (AvgIpc) is 3.10. The molecule has 0 spiro atoms. The Balaban J connectivity index is 1.53. The van der Waals surface area contributed by atoms with E-state index in [1.165, 1.54) is 12.1 Å². The fourth-order valence-electron chi connectivity index (χ4n) is 4.02. The highest BCUT2D eigenvalue weighted by Gasteiger charge is 2.23. The number of aromatic nitrogens is 3. The number of fused-ring (bicyclic) bond motifs is 1. The van der Waals surface area contributed by atoms with Crippen molar-refractivity contribution in [3.8, 4) is 11.4 Å². The van der Waals surface area contributed by atoms with E-state index in [-0.39, 0.29) is 11.8 Å². The number of thioether (sulfide) groups is 1. The molecule has 2 aromatic carbocycles. The van der Waals surface area contributed by atoms with Crippen LogP contribution in [0.5, 0.6) is 0 Å². The van der Waals surface area contributed by atoms with Crippen LogP contribution in [0.15, 0.2) is 48.5 Å². The summed E-state index contributed by atoms with van der Waals surface area (Å²) in [4.78, 5) is 25.7. The smallest absolute Gasteiger partial charge is 0.251 e. The van der Waals surface area contributed by atoms with Gasteiger partial charge >= 0.3 is 0 Å². The van der Waals surface area contributed by atoms with Crippen LogP contribution in [0.4, 0.5) is 10.1 Å². The summed E-state index contributed by atoms with van der Waals surface area (Å²) in [6.45, 7) is 0.746. The van der Waals surface area contributed by atoms with E-state index in [4.69, 9.17) is 0 Å². The van der Waals surface area contributed by atoms with E-state index in [0.29, 0.717) is 34.8 Å². The number of halogens is 1. The first kappa shape index (κ1) is 23.9. The summed E-state index contributed by atoms with van der Waals surface area (Å²) in [7, 11) is 0. The van der Waals surface area contributed by atoms with Crippen LogP contribution in [0.3, 0.4) is 0 Å². The molecule has 178 valence electrons. The normalized spacial score (nSPS) is 14.1. The molecule has 3 aromatic rings. The second kappa shape index (κ2) is 11.3. The number of hydrogen-bond acceptors (Lipinski definition) is 5. The molecule has 2 N–H and O–H groups in total. The van der Waals surface area contributed by atoms with Gasteiger partial charge in [-0.25, -0.2) is 4.39 Å². The summed E-state index contributed by atoms with van der Waals surface area (Å²) >= 11 is 1.60.